The third-order valence-electron chi connectivity index (χ3n) is 2.93. The first-order valence-electron chi connectivity index (χ1n) is 5.51. The first-order chi connectivity index (χ1) is 7.93. The Morgan fingerprint density at radius 2 is 1.81 bits per heavy atom. The van der Waals surface area contributed by atoms with Crippen LogP contribution in [0.15, 0.2) is 60.2 Å². The second-order valence-corrected chi connectivity index (χ2v) is 3.99. The molecule has 0 saturated heterocycles. The molecule has 0 aromatic heterocycles. The maximum absolute atomic E-state index is 3.43. The average Bonchev–Trinajstić information content (AvgIpc) is 2.32. The SMILES string of the molecule is C1=CC2=C/C=c3/ccccc3=CNC2C=C1. The topological polar surface area (TPSA) is 12.0 Å². The van der Waals surface area contributed by atoms with Gasteiger partial charge in [0.2, 0.25) is 0 Å². The number of benzene rings is 1. The highest BCUT2D eigenvalue weighted by atomic mass is 14.9. The van der Waals surface area contributed by atoms with Crippen molar-refractivity contribution in [3.8, 4) is 0 Å². The summed E-state index contributed by atoms with van der Waals surface area (Å²) in [5.41, 5.74) is 1.30. The lowest BCUT2D eigenvalue weighted by atomic mass is 10.0. The largest absolute Gasteiger partial charge is 0.380 e. The Hall–Kier alpha value is -2.02. The van der Waals surface area contributed by atoms with Crippen molar-refractivity contribution >= 4 is 12.3 Å². The molecule has 0 saturated carbocycles. The Labute approximate surface area is 94.8 Å². The van der Waals surface area contributed by atoms with Crippen LogP contribution in [-0.4, -0.2) is 6.04 Å². The second kappa shape index (κ2) is 3.86. The van der Waals surface area contributed by atoms with Crippen molar-refractivity contribution in [3.05, 3.63) is 70.7 Å². The zero-order valence-electron chi connectivity index (χ0n) is 8.93. The fraction of sp³-hybridized carbons (Fsp3) is 0.0667. The molecule has 1 N–H and O–H groups in total. The van der Waals surface area contributed by atoms with Gasteiger partial charge in [0.15, 0.2) is 0 Å². The zero-order valence-corrected chi connectivity index (χ0v) is 8.93. The van der Waals surface area contributed by atoms with Crippen molar-refractivity contribution in [3.63, 3.8) is 0 Å². The van der Waals surface area contributed by atoms with Gasteiger partial charge in [0.05, 0.1) is 6.04 Å². The molecule has 1 unspecified atom stereocenters. The Bertz CT molecular complexity index is 603. The fourth-order valence-electron chi connectivity index (χ4n) is 2.03. The van der Waals surface area contributed by atoms with Gasteiger partial charge in [-0.15, -0.1) is 0 Å². The molecule has 0 bridgehead atoms. The van der Waals surface area contributed by atoms with Crippen LogP contribution >= 0.6 is 0 Å². The van der Waals surface area contributed by atoms with E-state index in [9.17, 15) is 0 Å². The second-order valence-electron chi connectivity index (χ2n) is 3.99. The molecule has 0 spiro atoms. The summed E-state index contributed by atoms with van der Waals surface area (Å²) in [5, 5.41) is 5.92. The van der Waals surface area contributed by atoms with E-state index in [4.69, 9.17) is 0 Å². The van der Waals surface area contributed by atoms with Crippen molar-refractivity contribution < 1.29 is 0 Å². The summed E-state index contributed by atoms with van der Waals surface area (Å²) in [4.78, 5) is 0. The highest BCUT2D eigenvalue weighted by Gasteiger charge is 2.08. The van der Waals surface area contributed by atoms with Crippen LogP contribution < -0.4 is 15.8 Å². The Morgan fingerprint density at radius 3 is 2.75 bits per heavy atom. The van der Waals surface area contributed by atoms with Crippen molar-refractivity contribution in [2.24, 2.45) is 0 Å². The quantitative estimate of drug-likeness (QED) is 0.674. The number of fused-ring (bicyclic) bond motifs is 2. The minimum atomic E-state index is 0.301. The fourth-order valence-corrected chi connectivity index (χ4v) is 2.03. The third kappa shape index (κ3) is 1.61. The number of nitrogens with one attached hydrogen (secondary N) is 1. The molecule has 2 aliphatic rings. The van der Waals surface area contributed by atoms with Crippen molar-refractivity contribution in [2.45, 2.75) is 6.04 Å². The molecule has 1 aliphatic heterocycles. The van der Waals surface area contributed by atoms with Gasteiger partial charge in [-0.3, -0.25) is 0 Å². The van der Waals surface area contributed by atoms with E-state index < -0.39 is 0 Å². The normalized spacial score (nSPS) is 23.4. The van der Waals surface area contributed by atoms with Gasteiger partial charge in [0, 0.05) is 6.20 Å². The van der Waals surface area contributed by atoms with E-state index in [1.807, 2.05) is 0 Å². The summed E-state index contributed by atoms with van der Waals surface area (Å²) in [5.74, 6) is 0. The molecule has 3 rings (SSSR count). The van der Waals surface area contributed by atoms with Crippen LogP contribution in [0.4, 0.5) is 0 Å². The summed E-state index contributed by atoms with van der Waals surface area (Å²) < 4.78 is 0. The van der Waals surface area contributed by atoms with Crippen LogP contribution in [0, 0.1) is 0 Å². The Balaban J connectivity index is 2.19. The van der Waals surface area contributed by atoms with Crippen LogP contribution in [0.2, 0.25) is 0 Å². The predicted octanol–water partition coefficient (Wildman–Crippen LogP) is 1.23. The molecule has 0 amide bonds. The highest BCUT2D eigenvalue weighted by molar-refractivity contribution is 5.51. The summed E-state index contributed by atoms with van der Waals surface area (Å²) in [6.07, 6.45) is 14.9. The molecular formula is C15H13N. The van der Waals surface area contributed by atoms with E-state index in [0.717, 1.165) is 0 Å². The van der Waals surface area contributed by atoms with E-state index in [2.05, 4.69) is 72.2 Å². The lowest BCUT2D eigenvalue weighted by Gasteiger charge is -2.18. The van der Waals surface area contributed by atoms with Crippen molar-refractivity contribution in [1.82, 2.24) is 5.32 Å². The molecule has 1 nitrogen and oxygen atoms in total. The van der Waals surface area contributed by atoms with E-state index in [0.29, 0.717) is 6.04 Å². The molecule has 0 fully saturated rings. The lowest BCUT2D eigenvalue weighted by Crippen LogP contribution is -2.33. The van der Waals surface area contributed by atoms with Crippen LogP contribution in [0.1, 0.15) is 0 Å². The zero-order chi connectivity index (χ0) is 10.8. The van der Waals surface area contributed by atoms with Crippen LogP contribution in [0.3, 0.4) is 0 Å². The first kappa shape index (κ1) is 9.22. The van der Waals surface area contributed by atoms with Crippen LogP contribution in [-0.2, 0) is 0 Å². The van der Waals surface area contributed by atoms with E-state index in [-0.39, 0.29) is 0 Å². The summed E-state index contributed by atoms with van der Waals surface area (Å²) >= 11 is 0. The van der Waals surface area contributed by atoms with Crippen LogP contribution in [0.5, 0.6) is 0 Å². The molecule has 1 atom stereocenters. The summed E-state index contributed by atoms with van der Waals surface area (Å²) in [7, 11) is 0. The van der Waals surface area contributed by atoms with Gasteiger partial charge in [0.25, 0.3) is 0 Å². The summed E-state index contributed by atoms with van der Waals surface area (Å²) in [6.45, 7) is 0. The van der Waals surface area contributed by atoms with Gasteiger partial charge in [0.1, 0.15) is 0 Å². The van der Waals surface area contributed by atoms with Gasteiger partial charge < -0.3 is 5.32 Å². The van der Waals surface area contributed by atoms with E-state index in [1.54, 1.807) is 0 Å². The lowest BCUT2D eigenvalue weighted by molar-refractivity contribution is 0.839. The number of hydrogen-bond donors (Lipinski definition) is 1. The summed E-state index contributed by atoms with van der Waals surface area (Å²) in [6, 6.07) is 8.69. The molecule has 78 valence electrons. The third-order valence-corrected chi connectivity index (χ3v) is 2.93. The van der Waals surface area contributed by atoms with Gasteiger partial charge in [-0.2, -0.15) is 0 Å². The van der Waals surface area contributed by atoms with Gasteiger partial charge in [-0.1, -0.05) is 60.7 Å². The molecule has 1 aromatic carbocycles. The molecule has 1 heteroatoms. The molecule has 1 aromatic rings. The molecule has 16 heavy (non-hydrogen) atoms. The maximum atomic E-state index is 3.43. The first-order valence-corrected chi connectivity index (χ1v) is 5.51. The van der Waals surface area contributed by atoms with Gasteiger partial charge in [-0.05, 0) is 16.0 Å². The monoisotopic (exact) mass is 207 g/mol. The van der Waals surface area contributed by atoms with Gasteiger partial charge in [-0.25, -0.2) is 0 Å². The molecular weight excluding hydrogens is 194 g/mol. The van der Waals surface area contributed by atoms with E-state index in [1.165, 1.54) is 16.0 Å². The molecule has 1 heterocycles. The average molecular weight is 207 g/mol. The minimum absolute atomic E-state index is 0.301. The van der Waals surface area contributed by atoms with Crippen LogP contribution in [0.25, 0.3) is 12.3 Å². The molecule has 0 radical (unpaired) electrons. The Kier molecular flexibility index (Phi) is 2.22. The van der Waals surface area contributed by atoms with E-state index >= 15 is 0 Å². The Morgan fingerprint density at radius 1 is 0.938 bits per heavy atom. The van der Waals surface area contributed by atoms with Crippen molar-refractivity contribution in [2.75, 3.05) is 0 Å². The number of allylic oxidation sites excluding steroid dienone is 3. The van der Waals surface area contributed by atoms with Crippen molar-refractivity contribution in [1.29, 1.82) is 0 Å². The standard InChI is InChI=1S/C15H13N/c1-2-7-14-11-16-15-8-4-3-6-13(15)10-9-12(14)5-1/h1-11,15-16H/b12-9-,13-10?,14-11?. The highest BCUT2D eigenvalue weighted by Crippen LogP contribution is 2.11. The minimum Gasteiger partial charge on any atom is -0.380 e. The smallest absolute Gasteiger partial charge is 0.0695 e. The molecule has 1 aliphatic carbocycles. The van der Waals surface area contributed by atoms with Gasteiger partial charge >= 0.3 is 0 Å². The number of hydrogen-bond acceptors (Lipinski definition) is 1. The predicted molar refractivity (Wildman–Crippen MR) is 67.9 cm³/mol. The maximum Gasteiger partial charge on any atom is 0.0695 e. The number of rotatable bonds is 0.